The van der Waals surface area contributed by atoms with Gasteiger partial charge in [-0.25, -0.2) is 4.98 Å². The number of rotatable bonds is 4. The Labute approximate surface area is 167 Å². The molecule has 2 aromatic heterocycles. The molecule has 0 aliphatic heterocycles. The molecule has 0 saturated heterocycles. The van der Waals surface area contributed by atoms with E-state index in [1.807, 2.05) is 78.9 Å². The zero-order chi connectivity index (χ0) is 16.9. The second kappa shape index (κ2) is 8.55. The first-order valence-corrected chi connectivity index (χ1v) is 7.95. The van der Waals surface area contributed by atoms with E-state index in [0.717, 1.165) is 22.6 Å². The van der Waals surface area contributed by atoms with Crippen LogP contribution in [-0.2, 0) is 21.1 Å². The van der Waals surface area contributed by atoms with E-state index in [2.05, 4.69) is 17.1 Å². The van der Waals surface area contributed by atoms with E-state index >= 15 is 0 Å². The third-order valence-corrected chi connectivity index (χ3v) is 3.62. The Hall–Kier alpha value is -2.77. The van der Waals surface area contributed by atoms with Gasteiger partial charge in [0.05, 0.1) is 11.4 Å². The normalized spacial score (nSPS) is 10.0. The van der Waals surface area contributed by atoms with Crippen LogP contribution in [0.15, 0.2) is 84.9 Å². The molecule has 0 atom stereocenters. The maximum Gasteiger partial charge on any atom is 2.00 e. The molecule has 0 saturated carbocycles. The van der Waals surface area contributed by atoms with E-state index in [1.165, 1.54) is 0 Å². The van der Waals surface area contributed by atoms with Crippen molar-refractivity contribution in [2.75, 3.05) is 0 Å². The number of ether oxygens (including phenoxy) is 1. The molecule has 0 aliphatic rings. The number of benzene rings is 2. The van der Waals surface area contributed by atoms with E-state index in [-0.39, 0.29) is 21.1 Å². The van der Waals surface area contributed by atoms with Crippen molar-refractivity contribution in [3.05, 3.63) is 97.1 Å². The summed E-state index contributed by atoms with van der Waals surface area (Å²) in [5.74, 6) is 1.14. The zero-order valence-corrected chi connectivity index (χ0v) is 16.0. The number of aromatic nitrogens is 2. The van der Waals surface area contributed by atoms with E-state index in [1.54, 1.807) is 6.07 Å². The standard InChI is InChI=1S/C22H14N2O.Pt/c1-3-9-17(10-4-1)19-13-7-14-20(23-19)21-15-8-16-22(24-21)25-18-11-5-2-6-12-18;/h1-9,11,13-16H;/q-2;+2. The van der Waals surface area contributed by atoms with Crippen LogP contribution < -0.4 is 4.74 Å². The maximum absolute atomic E-state index is 5.75. The van der Waals surface area contributed by atoms with E-state index < -0.39 is 0 Å². The molecule has 0 amide bonds. The van der Waals surface area contributed by atoms with Crippen LogP contribution in [0.5, 0.6) is 11.6 Å². The predicted octanol–water partition coefficient (Wildman–Crippen LogP) is 5.20. The first kappa shape index (κ1) is 18.0. The van der Waals surface area contributed by atoms with Crippen molar-refractivity contribution >= 4 is 0 Å². The largest absolute Gasteiger partial charge is 2.00 e. The van der Waals surface area contributed by atoms with Crippen LogP contribution >= 0.6 is 0 Å². The third kappa shape index (κ3) is 4.25. The molecular formula is C22H14N2OPt. The summed E-state index contributed by atoms with van der Waals surface area (Å²) < 4.78 is 5.75. The quantitative estimate of drug-likeness (QED) is 0.349. The number of hydrogen-bond donors (Lipinski definition) is 0. The number of pyridine rings is 2. The molecule has 0 unspecified atom stereocenters. The van der Waals surface area contributed by atoms with Crippen LogP contribution in [0.2, 0.25) is 0 Å². The molecule has 0 N–H and O–H groups in total. The molecular weight excluding hydrogens is 503 g/mol. The molecule has 0 bridgehead atoms. The monoisotopic (exact) mass is 517 g/mol. The molecule has 4 aromatic rings. The van der Waals surface area contributed by atoms with Crippen molar-refractivity contribution in [1.82, 2.24) is 9.97 Å². The molecule has 0 aliphatic carbocycles. The fraction of sp³-hybridized carbons (Fsp3) is 0. The minimum Gasteiger partial charge on any atom is -0.466 e. The van der Waals surface area contributed by atoms with Gasteiger partial charge in [0.2, 0.25) is 5.88 Å². The smallest absolute Gasteiger partial charge is 0.466 e. The van der Waals surface area contributed by atoms with Gasteiger partial charge in [-0.3, -0.25) is 4.98 Å². The molecule has 26 heavy (non-hydrogen) atoms. The molecule has 0 fully saturated rings. The average Bonchev–Trinajstić information content (AvgIpc) is 2.70. The van der Waals surface area contributed by atoms with Crippen molar-refractivity contribution < 1.29 is 25.8 Å². The summed E-state index contributed by atoms with van der Waals surface area (Å²) in [5, 5.41) is 0. The predicted molar refractivity (Wildman–Crippen MR) is 97.1 cm³/mol. The molecule has 3 nitrogen and oxygen atoms in total. The second-order valence-electron chi connectivity index (χ2n) is 5.37. The van der Waals surface area contributed by atoms with Gasteiger partial charge in [0.15, 0.2) is 0 Å². The Bertz CT molecular complexity index is 975. The average molecular weight is 517 g/mol. The fourth-order valence-electron chi connectivity index (χ4n) is 2.45. The van der Waals surface area contributed by atoms with Gasteiger partial charge < -0.3 is 4.74 Å². The van der Waals surface area contributed by atoms with E-state index in [9.17, 15) is 0 Å². The Balaban J connectivity index is 0.00000196. The van der Waals surface area contributed by atoms with Gasteiger partial charge in [0, 0.05) is 11.8 Å². The molecule has 4 heteroatoms. The van der Waals surface area contributed by atoms with Crippen LogP contribution in [0.3, 0.4) is 0 Å². The Morgan fingerprint density at radius 2 is 1.31 bits per heavy atom. The summed E-state index contributed by atoms with van der Waals surface area (Å²) in [4.78, 5) is 9.26. The number of para-hydroxylation sites is 1. The Kier molecular flexibility index (Phi) is 5.93. The zero-order valence-electron chi connectivity index (χ0n) is 13.7. The van der Waals surface area contributed by atoms with Crippen molar-refractivity contribution in [3.8, 4) is 34.3 Å². The van der Waals surface area contributed by atoms with Gasteiger partial charge in [0.1, 0.15) is 0 Å². The van der Waals surface area contributed by atoms with Crippen LogP contribution in [0.4, 0.5) is 0 Å². The van der Waals surface area contributed by atoms with Crippen LogP contribution in [0.1, 0.15) is 0 Å². The van der Waals surface area contributed by atoms with Crippen LogP contribution in [-0.4, -0.2) is 9.97 Å². The van der Waals surface area contributed by atoms with Gasteiger partial charge in [-0.2, -0.15) is 18.2 Å². The van der Waals surface area contributed by atoms with E-state index in [4.69, 9.17) is 9.72 Å². The molecule has 4 rings (SSSR count). The first-order valence-electron chi connectivity index (χ1n) is 7.95. The molecule has 128 valence electrons. The summed E-state index contributed by atoms with van der Waals surface area (Å²) in [6.07, 6.45) is 0. The van der Waals surface area contributed by atoms with Crippen molar-refractivity contribution in [2.45, 2.75) is 0 Å². The summed E-state index contributed by atoms with van der Waals surface area (Å²) >= 11 is 0. The van der Waals surface area contributed by atoms with Crippen LogP contribution in [0.25, 0.3) is 22.6 Å². The van der Waals surface area contributed by atoms with Crippen LogP contribution in [0, 0.1) is 12.1 Å². The van der Waals surface area contributed by atoms with Gasteiger partial charge in [-0.1, -0.05) is 18.2 Å². The number of hydrogen-bond acceptors (Lipinski definition) is 3. The van der Waals surface area contributed by atoms with Crippen molar-refractivity contribution in [3.63, 3.8) is 0 Å². The van der Waals surface area contributed by atoms with Crippen molar-refractivity contribution in [1.29, 1.82) is 0 Å². The summed E-state index contributed by atoms with van der Waals surface area (Å²) in [7, 11) is 0. The van der Waals surface area contributed by atoms with E-state index in [0.29, 0.717) is 11.6 Å². The van der Waals surface area contributed by atoms with Gasteiger partial charge >= 0.3 is 21.1 Å². The topological polar surface area (TPSA) is 35.0 Å². The third-order valence-electron chi connectivity index (χ3n) is 3.62. The van der Waals surface area contributed by atoms with Crippen molar-refractivity contribution in [2.24, 2.45) is 0 Å². The van der Waals surface area contributed by atoms with Gasteiger partial charge in [-0.15, -0.1) is 48.0 Å². The second-order valence-corrected chi connectivity index (χ2v) is 5.37. The minimum atomic E-state index is 0. The Morgan fingerprint density at radius 3 is 2.04 bits per heavy atom. The first-order chi connectivity index (χ1) is 12.4. The summed E-state index contributed by atoms with van der Waals surface area (Å²) in [6.45, 7) is 0. The summed E-state index contributed by atoms with van der Waals surface area (Å²) in [5.41, 5.74) is 3.36. The molecule has 0 radical (unpaired) electrons. The summed E-state index contributed by atoms with van der Waals surface area (Å²) in [6, 6.07) is 33.0. The molecule has 2 heterocycles. The maximum atomic E-state index is 5.75. The fourth-order valence-corrected chi connectivity index (χ4v) is 2.45. The Morgan fingerprint density at radius 1 is 0.615 bits per heavy atom. The van der Waals surface area contributed by atoms with Gasteiger partial charge in [-0.05, 0) is 17.8 Å². The van der Waals surface area contributed by atoms with Gasteiger partial charge in [0.25, 0.3) is 0 Å². The number of nitrogens with zero attached hydrogens (tertiary/aromatic N) is 2. The molecule has 0 spiro atoms. The minimum absolute atomic E-state index is 0. The SMILES string of the molecule is [Pt+2].[c-]1ccccc1Oc1cccc(-c2cccc(-c3[c-]cccc3)n2)n1. The molecule has 2 aromatic carbocycles.